The van der Waals surface area contributed by atoms with E-state index in [0.29, 0.717) is 5.41 Å². The van der Waals surface area contributed by atoms with Crippen molar-refractivity contribution in [2.75, 3.05) is 26.2 Å². The van der Waals surface area contributed by atoms with Gasteiger partial charge in [-0.3, -0.25) is 4.79 Å². The van der Waals surface area contributed by atoms with Crippen molar-refractivity contribution in [3.63, 3.8) is 0 Å². The average molecular weight is 467 g/mol. The maximum absolute atomic E-state index is 12.5. The summed E-state index contributed by atoms with van der Waals surface area (Å²) in [6, 6.07) is 27.3. The number of aryl methyl sites for hydroxylation is 1. The van der Waals surface area contributed by atoms with Gasteiger partial charge in [0.25, 0.3) is 5.91 Å². The van der Waals surface area contributed by atoms with Crippen molar-refractivity contribution in [3.8, 4) is 11.1 Å². The van der Waals surface area contributed by atoms with Crippen molar-refractivity contribution in [1.29, 1.82) is 0 Å². The maximum Gasteiger partial charge on any atom is 0.251 e. The summed E-state index contributed by atoms with van der Waals surface area (Å²) in [5, 5.41) is 3.09. The molecule has 182 valence electrons. The molecule has 0 unspecified atom stereocenters. The smallest absolute Gasteiger partial charge is 0.251 e. The Morgan fingerprint density at radius 3 is 2.23 bits per heavy atom. The van der Waals surface area contributed by atoms with E-state index in [-0.39, 0.29) is 5.91 Å². The summed E-state index contributed by atoms with van der Waals surface area (Å²) in [6.07, 6.45) is 10.00. The van der Waals surface area contributed by atoms with Gasteiger partial charge in [-0.15, -0.1) is 0 Å². The second kappa shape index (κ2) is 11.2. The van der Waals surface area contributed by atoms with Gasteiger partial charge in [0.15, 0.2) is 0 Å². The van der Waals surface area contributed by atoms with Gasteiger partial charge in [0.05, 0.1) is 0 Å². The van der Waals surface area contributed by atoms with Gasteiger partial charge in [-0.2, -0.15) is 0 Å². The zero-order chi connectivity index (χ0) is 23.9. The summed E-state index contributed by atoms with van der Waals surface area (Å²) in [5.74, 6) is 0.0281. The van der Waals surface area contributed by atoms with Gasteiger partial charge in [-0.05, 0) is 98.0 Å². The van der Waals surface area contributed by atoms with Crippen LogP contribution < -0.4 is 5.32 Å². The molecule has 0 atom stereocenters. The van der Waals surface area contributed by atoms with E-state index < -0.39 is 0 Å². The maximum atomic E-state index is 12.5. The molecule has 1 N–H and O–H groups in total. The fourth-order valence-electron chi connectivity index (χ4n) is 6.05. The van der Waals surface area contributed by atoms with Crippen molar-refractivity contribution < 1.29 is 4.79 Å². The van der Waals surface area contributed by atoms with Crippen molar-refractivity contribution in [3.05, 3.63) is 95.6 Å². The van der Waals surface area contributed by atoms with Gasteiger partial charge in [0, 0.05) is 12.1 Å². The van der Waals surface area contributed by atoms with Gasteiger partial charge in [-0.25, -0.2) is 0 Å². The number of unbranched alkanes of at least 4 members (excludes halogenated alkanes) is 3. The van der Waals surface area contributed by atoms with E-state index in [1.54, 1.807) is 11.1 Å². The molecule has 1 spiro atoms. The van der Waals surface area contributed by atoms with E-state index in [4.69, 9.17) is 0 Å². The summed E-state index contributed by atoms with van der Waals surface area (Å²) >= 11 is 0. The van der Waals surface area contributed by atoms with Crippen LogP contribution in [0.1, 0.15) is 66.4 Å². The van der Waals surface area contributed by atoms with Gasteiger partial charge in [0.1, 0.15) is 0 Å². The van der Waals surface area contributed by atoms with E-state index in [9.17, 15) is 4.79 Å². The summed E-state index contributed by atoms with van der Waals surface area (Å²) in [4.78, 5) is 15.1. The van der Waals surface area contributed by atoms with Crippen LogP contribution in [0.15, 0.2) is 78.9 Å². The number of amides is 1. The van der Waals surface area contributed by atoms with E-state index in [2.05, 4.69) is 46.6 Å². The molecule has 3 aromatic carbocycles. The van der Waals surface area contributed by atoms with Crippen LogP contribution in [-0.4, -0.2) is 37.0 Å². The van der Waals surface area contributed by atoms with Crippen molar-refractivity contribution in [1.82, 2.24) is 10.2 Å². The van der Waals surface area contributed by atoms with Gasteiger partial charge < -0.3 is 10.2 Å². The van der Waals surface area contributed by atoms with Crippen LogP contribution in [-0.2, 0) is 11.8 Å². The molecule has 1 aliphatic heterocycles. The first-order chi connectivity index (χ1) is 17.2. The molecule has 1 saturated heterocycles. The molecule has 2 aliphatic rings. The number of benzene rings is 3. The number of hydrogen-bond donors (Lipinski definition) is 1. The number of hydrogen-bond acceptors (Lipinski definition) is 2. The van der Waals surface area contributed by atoms with Crippen molar-refractivity contribution in [2.24, 2.45) is 0 Å². The van der Waals surface area contributed by atoms with Gasteiger partial charge in [-0.1, -0.05) is 79.6 Å². The quantitative estimate of drug-likeness (QED) is 0.359. The molecule has 3 nitrogen and oxygen atoms in total. The predicted molar refractivity (Wildman–Crippen MR) is 145 cm³/mol. The minimum atomic E-state index is 0.0281. The number of rotatable bonds is 9. The first-order valence-electron chi connectivity index (χ1n) is 13.5. The summed E-state index contributed by atoms with van der Waals surface area (Å²) in [7, 11) is 0. The molecule has 0 saturated carbocycles. The van der Waals surface area contributed by atoms with E-state index in [1.165, 1.54) is 70.1 Å². The SMILES string of the molecule is O=C(NCCCCCCN1CCC2(CCc3ccccc32)CC1)c1ccc(-c2ccccc2)cc1. The Hall–Kier alpha value is -2.91. The Balaban J connectivity index is 0.951. The van der Waals surface area contributed by atoms with Crippen molar-refractivity contribution in [2.45, 2.75) is 56.8 Å². The Morgan fingerprint density at radius 1 is 0.743 bits per heavy atom. The van der Waals surface area contributed by atoms with Crippen LogP contribution in [0.5, 0.6) is 0 Å². The number of nitrogens with one attached hydrogen (secondary N) is 1. The highest BCUT2D eigenvalue weighted by Crippen LogP contribution is 2.46. The molecule has 5 rings (SSSR count). The van der Waals surface area contributed by atoms with Crippen LogP contribution >= 0.6 is 0 Å². The molecular formula is C32H38N2O. The Labute approximate surface area is 210 Å². The molecule has 1 aliphatic carbocycles. The lowest BCUT2D eigenvalue weighted by Gasteiger charge is -2.40. The van der Waals surface area contributed by atoms with Crippen LogP contribution in [0.4, 0.5) is 0 Å². The minimum Gasteiger partial charge on any atom is -0.352 e. The molecule has 35 heavy (non-hydrogen) atoms. The number of likely N-dealkylation sites (tertiary alicyclic amines) is 1. The highest BCUT2D eigenvalue weighted by atomic mass is 16.1. The van der Waals surface area contributed by atoms with Crippen molar-refractivity contribution >= 4 is 5.91 Å². The minimum absolute atomic E-state index is 0.0281. The molecule has 1 amide bonds. The topological polar surface area (TPSA) is 32.3 Å². The van der Waals surface area contributed by atoms with Crippen LogP contribution in [0.2, 0.25) is 0 Å². The van der Waals surface area contributed by atoms with Gasteiger partial charge >= 0.3 is 0 Å². The van der Waals surface area contributed by atoms with Crippen LogP contribution in [0.25, 0.3) is 11.1 Å². The molecule has 0 radical (unpaired) electrons. The number of nitrogens with zero attached hydrogens (tertiary/aromatic N) is 1. The highest BCUT2D eigenvalue weighted by Gasteiger charge is 2.40. The number of carbonyl (C=O) groups excluding carboxylic acids is 1. The van der Waals surface area contributed by atoms with E-state index >= 15 is 0 Å². The number of carbonyl (C=O) groups is 1. The average Bonchev–Trinajstić information content (AvgIpc) is 3.27. The van der Waals surface area contributed by atoms with E-state index in [1.807, 2.05) is 42.5 Å². The summed E-state index contributed by atoms with van der Waals surface area (Å²) < 4.78 is 0. The largest absolute Gasteiger partial charge is 0.352 e. The molecule has 1 fully saturated rings. The standard InChI is InChI=1S/C32H38N2O/c35-31(29-16-14-27(15-17-29)26-10-4-3-5-11-26)33-22-8-1-2-9-23-34-24-20-32(21-25-34)19-18-28-12-6-7-13-30(28)32/h3-7,10-17H,1-2,8-9,18-25H2,(H,33,35). The zero-order valence-electron chi connectivity index (χ0n) is 20.8. The molecule has 0 aromatic heterocycles. The fraction of sp³-hybridized carbons (Fsp3) is 0.406. The third kappa shape index (κ3) is 5.67. The predicted octanol–water partition coefficient (Wildman–Crippen LogP) is 6.62. The second-order valence-corrected chi connectivity index (χ2v) is 10.4. The lowest BCUT2D eigenvalue weighted by atomic mass is 9.74. The fourth-order valence-corrected chi connectivity index (χ4v) is 6.05. The Morgan fingerprint density at radius 2 is 1.43 bits per heavy atom. The van der Waals surface area contributed by atoms with Crippen LogP contribution in [0.3, 0.4) is 0 Å². The Bertz CT molecular complexity index is 1100. The second-order valence-electron chi connectivity index (χ2n) is 10.4. The van der Waals surface area contributed by atoms with Crippen LogP contribution in [0, 0.1) is 0 Å². The summed E-state index contributed by atoms with van der Waals surface area (Å²) in [6.45, 7) is 4.46. The Kier molecular flexibility index (Phi) is 7.63. The first-order valence-corrected chi connectivity index (χ1v) is 13.5. The third-order valence-electron chi connectivity index (χ3n) is 8.22. The highest BCUT2D eigenvalue weighted by molar-refractivity contribution is 5.94. The molecule has 3 heteroatoms. The lowest BCUT2D eigenvalue weighted by Crippen LogP contribution is -2.41. The molecule has 1 heterocycles. The number of fused-ring (bicyclic) bond motifs is 2. The normalized spacial score (nSPS) is 16.8. The lowest BCUT2D eigenvalue weighted by molar-refractivity contribution is 0.0953. The van der Waals surface area contributed by atoms with Gasteiger partial charge in [0.2, 0.25) is 0 Å². The third-order valence-corrected chi connectivity index (χ3v) is 8.22. The molecule has 3 aromatic rings. The van der Waals surface area contributed by atoms with E-state index in [0.717, 1.165) is 24.1 Å². The number of piperidine rings is 1. The zero-order valence-corrected chi connectivity index (χ0v) is 20.8. The monoisotopic (exact) mass is 466 g/mol. The molecular weight excluding hydrogens is 428 g/mol. The summed E-state index contributed by atoms with van der Waals surface area (Å²) in [5.41, 5.74) is 6.75. The first kappa shape index (κ1) is 23.8. The molecule has 0 bridgehead atoms.